The van der Waals surface area contributed by atoms with Crippen molar-refractivity contribution in [1.82, 2.24) is 9.97 Å². The monoisotopic (exact) mass is 404 g/mol. The Morgan fingerprint density at radius 2 is 2.31 bits per heavy atom. The molecule has 3 aliphatic rings. The van der Waals surface area contributed by atoms with Crippen molar-refractivity contribution < 1.29 is 23.8 Å². The first-order valence-electron chi connectivity index (χ1n) is 8.26. The van der Waals surface area contributed by atoms with E-state index >= 15 is 0 Å². The normalized spacial score (nSPS) is 36.3. The van der Waals surface area contributed by atoms with Crippen LogP contribution in [0.3, 0.4) is 0 Å². The third kappa shape index (κ3) is 3.12. The van der Waals surface area contributed by atoms with Gasteiger partial charge < -0.3 is 0 Å². The average molecular weight is 404 g/mol. The second kappa shape index (κ2) is 6.91. The number of aliphatic hydroxyl groups is 1. The first kappa shape index (κ1) is 18.4. The van der Waals surface area contributed by atoms with Crippen molar-refractivity contribution in [2.24, 2.45) is 5.73 Å². The summed E-state index contributed by atoms with van der Waals surface area (Å²) in [6, 6.07) is 0. The van der Waals surface area contributed by atoms with Gasteiger partial charge in [-0.25, -0.2) is 0 Å². The number of nitrogens with one attached hydrogen (secondary N) is 1. The zero-order valence-corrected chi connectivity index (χ0v) is 15.9. The molecule has 7 N–H and O–H groups in total. The van der Waals surface area contributed by atoms with Gasteiger partial charge in [0.05, 0.1) is 0 Å². The standard InChI is InChI=1S/C12H22BN6O5PS/c13-25(21)22-3-5-8(24-25)7(20)11(23-5)19-10-6(9(15)16-4-17-10)18-12(19)26-2-1-14/h4-5,7-8,11-12,18,20-21,25H,1-3,13-14H2,(H2,15,16,17)/t5?,7?,8-,11?,12?/m1/s1. The third-order valence-corrected chi connectivity index (χ3v) is 7.01. The molecule has 0 saturated carbocycles. The Balaban J connectivity index is 1.63. The summed E-state index contributed by atoms with van der Waals surface area (Å²) in [5.41, 5.74) is 11.9. The van der Waals surface area contributed by atoms with E-state index in [1.54, 1.807) is 11.8 Å². The zero-order chi connectivity index (χ0) is 18.5. The summed E-state index contributed by atoms with van der Waals surface area (Å²) < 4.78 is 17.0. The van der Waals surface area contributed by atoms with Crippen LogP contribution in [0.4, 0.5) is 17.3 Å². The predicted octanol–water partition coefficient (Wildman–Crippen LogP) is -2.20. The molecule has 0 bridgehead atoms. The fourth-order valence-electron chi connectivity index (χ4n) is 3.34. The summed E-state index contributed by atoms with van der Waals surface area (Å²) in [6.45, 7) is 0.664. The second-order valence-electron chi connectivity index (χ2n) is 6.37. The van der Waals surface area contributed by atoms with Crippen LogP contribution in [-0.2, 0) is 13.8 Å². The number of nitrogen functional groups attached to an aromatic ring is 1. The topological polar surface area (TPSA) is 161 Å². The SMILES string of the molecule is B[PH]1(O)OCC2OC(N3c4ncnc(N)c4NC3SCCN)C(O)[C@@H]2O1. The van der Waals surface area contributed by atoms with Crippen molar-refractivity contribution in [3.05, 3.63) is 6.33 Å². The molecule has 11 nitrogen and oxygen atoms in total. The molecule has 0 spiro atoms. The second-order valence-corrected chi connectivity index (χ2v) is 9.88. The Kier molecular flexibility index (Phi) is 4.91. The molecule has 26 heavy (non-hydrogen) atoms. The summed E-state index contributed by atoms with van der Waals surface area (Å²) in [5.74, 6) is 1.54. The first-order chi connectivity index (χ1) is 12.4. The fourth-order valence-corrected chi connectivity index (χ4v) is 5.61. The maximum atomic E-state index is 10.8. The van der Waals surface area contributed by atoms with Gasteiger partial charge in [0, 0.05) is 0 Å². The first-order valence-corrected chi connectivity index (χ1v) is 11.6. The molecular weight excluding hydrogens is 382 g/mol. The van der Waals surface area contributed by atoms with E-state index in [9.17, 15) is 10.00 Å². The molecule has 1 aromatic rings. The van der Waals surface area contributed by atoms with Crippen molar-refractivity contribution in [3.8, 4) is 0 Å². The van der Waals surface area contributed by atoms with E-state index in [4.69, 9.17) is 25.3 Å². The van der Waals surface area contributed by atoms with E-state index in [0.717, 1.165) is 0 Å². The molecule has 144 valence electrons. The predicted molar refractivity (Wildman–Crippen MR) is 102 cm³/mol. The number of nitrogens with zero attached hydrogens (tertiary/aromatic N) is 3. The van der Waals surface area contributed by atoms with Crippen molar-refractivity contribution in [3.63, 3.8) is 0 Å². The van der Waals surface area contributed by atoms with Gasteiger partial charge in [0.15, 0.2) is 0 Å². The molecule has 14 heteroatoms. The average Bonchev–Trinajstić information content (AvgIpc) is 3.11. The van der Waals surface area contributed by atoms with Crippen LogP contribution in [0.2, 0.25) is 0 Å². The van der Waals surface area contributed by atoms with Gasteiger partial charge in [-0.2, -0.15) is 0 Å². The van der Waals surface area contributed by atoms with Crippen molar-refractivity contribution >= 4 is 44.5 Å². The third-order valence-electron chi connectivity index (χ3n) is 4.47. The van der Waals surface area contributed by atoms with Crippen LogP contribution in [0.15, 0.2) is 6.33 Å². The minimum absolute atomic E-state index is 0.165. The van der Waals surface area contributed by atoms with Gasteiger partial charge in [-0.3, -0.25) is 0 Å². The van der Waals surface area contributed by atoms with E-state index in [1.807, 2.05) is 4.90 Å². The molecule has 3 aliphatic heterocycles. The summed E-state index contributed by atoms with van der Waals surface area (Å²) in [5, 5.41) is 14.1. The molecule has 5 atom stereocenters. The number of rotatable bonds is 4. The summed E-state index contributed by atoms with van der Waals surface area (Å²) in [7, 11) is -1.73. The number of thioether (sulfide) groups is 1. The van der Waals surface area contributed by atoms with Crippen LogP contribution in [0, 0.1) is 0 Å². The molecular formula is C12H22BN6O5PS. The molecule has 0 amide bonds. The summed E-state index contributed by atoms with van der Waals surface area (Å²) in [6.07, 6.45) is -1.52. The van der Waals surface area contributed by atoms with E-state index < -0.39 is 32.4 Å². The number of hydrogen-bond acceptors (Lipinski definition) is 12. The van der Waals surface area contributed by atoms with Gasteiger partial charge >= 0.3 is 155 Å². The van der Waals surface area contributed by atoms with E-state index in [0.29, 0.717) is 29.6 Å². The van der Waals surface area contributed by atoms with Gasteiger partial charge in [0.25, 0.3) is 0 Å². The number of hydrogen-bond donors (Lipinski definition) is 5. The summed E-state index contributed by atoms with van der Waals surface area (Å²) in [4.78, 5) is 20.2. The van der Waals surface area contributed by atoms with Crippen LogP contribution in [-0.4, -0.2) is 76.5 Å². The van der Waals surface area contributed by atoms with Crippen molar-refractivity contribution in [2.75, 3.05) is 34.9 Å². The van der Waals surface area contributed by atoms with Gasteiger partial charge in [0.2, 0.25) is 0 Å². The van der Waals surface area contributed by atoms with Crippen molar-refractivity contribution in [1.29, 1.82) is 0 Å². The Morgan fingerprint density at radius 1 is 1.50 bits per heavy atom. The van der Waals surface area contributed by atoms with Gasteiger partial charge in [-0.15, -0.1) is 0 Å². The Labute approximate surface area is 155 Å². The van der Waals surface area contributed by atoms with Gasteiger partial charge in [-0.1, -0.05) is 0 Å². The van der Waals surface area contributed by atoms with Crippen LogP contribution in [0.1, 0.15) is 0 Å². The molecule has 0 aromatic carbocycles. The summed E-state index contributed by atoms with van der Waals surface area (Å²) >= 11 is 1.54. The Bertz CT molecular complexity index is 692. The van der Waals surface area contributed by atoms with Crippen LogP contribution < -0.4 is 21.7 Å². The molecule has 4 heterocycles. The Hall–Kier alpha value is -0.915. The number of aromatic nitrogens is 2. The van der Waals surface area contributed by atoms with Gasteiger partial charge in [0.1, 0.15) is 0 Å². The molecule has 1 aromatic heterocycles. The Morgan fingerprint density at radius 3 is 3.08 bits per heavy atom. The maximum absolute atomic E-state index is 10.8. The van der Waals surface area contributed by atoms with Crippen LogP contribution in [0.5, 0.6) is 0 Å². The fraction of sp³-hybridized carbons (Fsp3) is 0.667. The van der Waals surface area contributed by atoms with Crippen LogP contribution in [0.25, 0.3) is 0 Å². The number of fused-ring (bicyclic) bond motifs is 2. The van der Waals surface area contributed by atoms with Crippen molar-refractivity contribution in [2.45, 2.75) is 30.0 Å². The molecule has 0 radical (unpaired) electrons. The zero-order valence-electron chi connectivity index (χ0n) is 14.1. The minimum atomic E-state index is -3.25. The van der Waals surface area contributed by atoms with Crippen LogP contribution >= 0.6 is 19.6 Å². The number of ether oxygens (including phenoxy) is 1. The van der Waals surface area contributed by atoms with Gasteiger partial charge in [-0.05, 0) is 0 Å². The number of aliphatic hydroxyl groups excluding tert-OH is 1. The molecule has 0 aliphatic carbocycles. The molecule has 2 saturated heterocycles. The number of anilines is 3. The van der Waals surface area contributed by atoms with E-state index in [2.05, 4.69) is 15.3 Å². The molecule has 4 unspecified atom stereocenters. The van der Waals surface area contributed by atoms with E-state index in [1.165, 1.54) is 13.9 Å². The molecule has 2 fully saturated rings. The van der Waals surface area contributed by atoms with E-state index in [-0.39, 0.29) is 12.1 Å². The molecule has 4 rings (SSSR count). The quantitative estimate of drug-likeness (QED) is 0.273. The number of nitrogens with two attached hydrogens (primary N) is 2.